The van der Waals surface area contributed by atoms with Crippen molar-refractivity contribution < 1.29 is 29.4 Å². The molecule has 4 amide bonds. The predicted octanol–water partition coefficient (Wildman–Crippen LogP) is 2.37. The molecular formula is C31H44N4O6S. The van der Waals surface area contributed by atoms with Crippen LogP contribution < -0.4 is 16.4 Å². The van der Waals surface area contributed by atoms with E-state index in [2.05, 4.69) is 10.6 Å². The van der Waals surface area contributed by atoms with Crippen LogP contribution in [0, 0.1) is 0 Å². The molecule has 0 fully saturated rings. The second kappa shape index (κ2) is 17.5. The highest BCUT2D eigenvalue weighted by Crippen LogP contribution is 2.18. The molecule has 11 heteroatoms. The summed E-state index contributed by atoms with van der Waals surface area (Å²) in [5.74, 6) is -1.49. The fourth-order valence-electron chi connectivity index (χ4n) is 4.75. The van der Waals surface area contributed by atoms with Crippen molar-refractivity contribution in [1.82, 2.24) is 15.5 Å². The van der Waals surface area contributed by atoms with Crippen molar-refractivity contribution in [1.29, 1.82) is 0 Å². The number of carbonyl (C=O) groups excluding carboxylic acids is 4. The third kappa shape index (κ3) is 10.5. The largest absolute Gasteiger partial charge is 0.388 e. The minimum absolute atomic E-state index is 0.00178. The van der Waals surface area contributed by atoms with Gasteiger partial charge in [0, 0.05) is 36.7 Å². The number of thioether (sulfide) groups is 1. The summed E-state index contributed by atoms with van der Waals surface area (Å²) in [6.07, 6.45) is 1.11. The van der Waals surface area contributed by atoms with Gasteiger partial charge in [-0.15, -0.1) is 0 Å². The molecule has 0 aliphatic carbocycles. The van der Waals surface area contributed by atoms with Crippen LogP contribution in [-0.2, 0) is 11.2 Å². The van der Waals surface area contributed by atoms with Crippen LogP contribution in [0.4, 0.5) is 0 Å². The topological polar surface area (TPSA) is 162 Å². The number of aliphatic hydroxyl groups excluding tert-OH is 2. The molecule has 230 valence electrons. The number of hydrogen-bond acceptors (Lipinski definition) is 7. The van der Waals surface area contributed by atoms with Gasteiger partial charge < -0.3 is 31.5 Å². The molecule has 0 aliphatic rings. The summed E-state index contributed by atoms with van der Waals surface area (Å²) in [7, 11) is 0. The van der Waals surface area contributed by atoms with Crippen molar-refractivity contribution in [2.75, 3.05) is 25.1 Å². The fraction of sp³-hybridized carbons (Fsp3) is 0.484. The molecule has 2 aromatic carbocycles. The standard InChI is InChI=1S/C31H44N4O6S/c1-5-13-35(14-6-2)31(41)24-18-22(29(32)39)17-23(19-24)30(40)34-26(16-21-10-8-7-9-11-21)28(38)27(37)25(12-15-42-4)33-20(3)36/h7-11,17-19,25-28,37-38H,5-6,12-16H2,1-4H3,(H2,32,39)(H,33,36)(H,34,40)/t25?,26-,27?,28+/m0/s1. The normalized spacial score (nSPS) is 13.9. The average molecular weight is 601 g/mol. The van der Waals surface area contributed by atoms with Crippen LogP contribution in [0.2, 0.25) is 0 Å². The van der Waals surface area contributed by atoms with E-state index in [0.717, 1.165) is 18.4 Å². The van der Waals surface area contributed by atoms with Gasteiger partial charge in [0.25, 0.3) is 11.8 Å². The van der Waals surface area contributed by atoms with E-state index in [0.29, 0.717) is 25.3 Å². The monoisotopic (exact) mass is 600 g/mol. The Morgan fingerprint density at radius 1 is 0.881 bits per heavy atom. The van der Waals surface area contributed by atoms with Crippen LogP contribution >= 0.6 is 11.8 Å². The van der Waals surface area contributed by atoms with Gasteiger partial charge in [0.15, 0.2) is 0 Å². The van der Waals surface area contributed by atoms with E-state index < -0.39 is 36.1 Å². The molecule has 42 heavy (non-hydrogen) atoms. The van der Waals surface area contributed by atoms with Crippen molar-refractivity contribution in [3.05, 3.63) is 70.8 Å². The highest BCUT2D eigenvalue weighted by molar-refractivity contribution is 7.98. The Morgan fingerprint density at radius 3 is 2.00 bits per heavy atom. The Hall–Kier alpha value is -3.41. The molecule has 2 rings (SSSR count). The van der Waals surface area contributed by atoms with Gasteiger partial charge in [0.2, 0.25) is 11.8 Å². The molecule has 0 heterocycles. The number of primary amides is 1. The SMILES string of the molecule is CCCN(CCC)C(=O)c1cc(C(N)=O)cc(C(=O)N[C@@H](Cc2ccccc2)[C@@H](O)C(O)C(CCSC)NC(C)=O)c1. The summed E-state index contributed by atoms with van der Waals surface area (Å²) >= 11 is 1.54. The summed E-state index contributed by atoms with van der Waals surface area (Å²) in [5.41, 5.74) is 6.51. The minimum atomic E-state index is -1.46. The first-order valence-electron chi connectivity index (χ1n) is 14.2. The molecule has 10 nitrogen and oxygen atoms in total. The molecule has 0 bridgehead atoms. The molecule has 0 aromatic heterocycles. The molecule has 0 saturated carbocycles. The zero-order valence-corrected chi connectivity index (χ0v) is 25.7. The number of aliphatic hydroxyl groups is 2. The highest BCUT2D eigenvalue weighted by Gasteiger charge is 2.34. The maximum atomic E-state index is 13.6. The van der Waals surface area contributed by atoms with Crippen molar-refractivity contribution >= 4 is 35.4 Å². The smallest absolute Gasteiger partial charge is 0.253 e. The first-order valence-corrected chi connectivity index (χ1v) is 15.6. The third-order valence-electron chi connectivity index (χ3n) is 6.81. The number of benzene rings is 2. The number of nitrogens with zero attached hydrogens (tertiary/aromatic N) is 1. The lowest BCUT2D eigenvalue weighted by Gasteiger charge is -2.33. The number of hydrogen-bond donors (Lipinski definition) is 5. The van der Waals surface area contributed by atoms with Gasteiger partial charge >= 0.3 is 0 Å². The van der Waals surface area contributed by atoms with Crippen LogP contribution in [0.5, 0.6) is 0 Å². The Balaban J connectivity index is 2.45. The van der Waals surface area contributed by atoms with Gasteiger partial charge in [-0.2, -0.15) is 11.8 Å². The number of carbonyl (C=O) groups is 4. The van der Waals surface area contributed by atoms with Crippen molar-refractivity contribution in [2.24, 2.45) is 5.73 Å². The zero-order chi connectivity index (χ0) is 31.2. The summed E-state index contributed by atoms with van der Waals surface area (Å²) in [6.45, 7) is 6.29. The number of amides is 4. The maximum absolute atomic E-state index is 13.6. The molecule has 0 aliphatic heterocycles. The molecule has 4 atom stereocenters. The van der Waals surface area contributed by atoms with Crippen LogP contribution in [-0.4, -0.2) is 88.1 Å². The van der Waals surface area contributed by atoms with E-state index in [1.807, 2.05) is 50.4 Å². The van der Waals surface area contributed by atoms with Crippen LogP contribution in [0.1, 0.15) is 76.7 Å². The van der Waals surface area contributed by atoms with Gasteiger partial charge in [-0.1, -0.05) is 44.2 Å². The van der Waals surface area contributed by atoms with Crippen molar-refractivity contribution in [3.8, 4) is 0 Å². The van der Waals surface area contributed by atoms with E-state index in [-0.39, 0.29) is 34.9 Å². The van der Waals surface area contributed by atoms with Crippen molar-refractivity contribution in [2.45, 2.75) is 70.7 Å². The number of rotatable bonds is 17. The molecular weight excluding hydrogens is 556 g/mol. The molecule has 0 saturated heterocycles. The fourth-order valence-corrected chi connectivity index (χ4v) is 5.24. The lowest BCUT2D eigenvalue weighted by atomic mass is 9.92. The Morgan fingerprint density at radius 2 is 1.45 bits per heavy atom. The predicted molar refractivity (Wildman–Crippen MR) is 165 cm³/mol. The Bertz CT molecular complexity index is 1190. The molecule has 6 N–H and O–H groups in total. The third-order valence-corrected chi connectivity index (χ3v) is 7.46. The second-order valence-electron chi connectivity index (χ2n) is 10.3. The summed E-state index contributed by atoms with van der Waals surface area (Å²) in [4.78, 5) is 52.6. The molecule has 2 unspecified atom stereocenters. The number of nitrogens with two attached hydrogens (primary N) is 1. The molecule has 2 aromatic rings. The average Bonchev–Trinajstić information content (AvgIpc) is 2.97. The number of nitrogens with one attached hydrogen (secondary N) is 2. The lowest BCUT2D eigenvalue weighted by molar-refractivity contribution is -0.121. The van der Waals surface area contributed by atoms with Crippen LogP contribution in [0.15, 0.2) is 48.5 Å². The second-order valence-corrected chi connectivity index (χ2v) is 11.3. The quantitative estimate of drug-likeness (QED) is 0.186. The van der Waals surface area contributed by atoms with Gasteiger partial charge in [0.1, 0.15) is 12.2 Å². The Labute approximate surface area is 252 Å². The van der Waals surface area contributed by atoms with Gasteiger partial charge in [0.05, 0.1) is 12.1 Å². The van der Waals surface area contributed by atoms with Gasteiger partial charge in [-0.05, 0) is 61.5 Å². The highest BCUT2D eigenvalue weighted by atomic mass is 32.2. The first kappa shape index (κ1) is 34.8. The lowest BCUT2D eigenvalue weighted by Crippen LogP contribution is -2.56. The molecule has 0 radical (unpaired) electrons. The van der Waals surface area contributed by atoms with E-state index in [1.54, 1.807) is 4.90 Å². The van der Waals surface area contributed by atoms with Crippen LogP contribution in [0.25, 0.3) is 0 Å². The van der Waals surface area contributed by atoms with E-state index in [9.17, 15) is 29.4 Å². The summed E-state index contributed by atoms with van der Waals surface area (Å²) in [5, 5.41) is 28.0. The summed E-state index contributed by atoms with van der Waals surface area (Å²) < 4.78 is 0. The van der Waals surface area contributed by atoms with Crippen LogP contribution in [0.3, 0.4) is 0 Å². The van der Waals surface area contributed by atoms with E-state index in [4.69, 9.17) is 5.73 Å². The van der Waals surface area contributed by atoms with E-state index in [1.165, 1.54) is 36.9 Å². The zero-order valence-electron chi connectivity index (χ0n) is 24.8. The summed E-state index contributed by atoms with van der Waals surface area (Å²) in [6, 6.07) is 11.5. The maximum Gasteiger partial charge on any atom is 0.253 e. The minimum Gasteiger partial charge on any atom is -0.388 e. The van der Waals surface area contributed by atoms with Crippen molar-refractivity contribution in [3.63, 3.8) is 0 Å². The first-order chi connectivity index (χ1) is 20.0. The Kier molecular flexibility index (Phi) is 14.5. The van der Waals surface area contributed by atoms with Gasteiger partial charge in [-0.25, -0.2) is 0 Å². The van der Waals surface area contributed by atoms with E-state index >= 15 is 0 Å². The van der Waals surface area contributed by atoms with Gasteiger partial charge in [-0.3, -0.25) is 19.2 Å². The molecule has 0 spiro atoms.